The molecule has 2 saturated heterocycles. The zero-order valence-corrected chi connectivity index (χ0v) is 20.7. The van der Waals surface area contributed by atoms with Crippen LogP contribution in [0.4, 0.5) is 20.3 Å². The number of piperidine rings is 1. The predicted molar refractivity (Wildman–Crippen MR) is 133 cm³/mol. The van der Waals surface area contributed by atoms with Gasteiger partial charge in [-0.3, -0.25) is 4.79 Å². The summed E-state index contributed by atoms with van der Waals surface area (Å²) in [5.74, 6) is -1.54. The lowest BCUT2D eigenvalue weighted by atomic mass is 9.99. The molecule has 1 aromatic heterocycles. The van der Waals surface area contributed by atoms with Crippen LogP contribution in [0.25, 0.3) is 10.9 Å². The zero-order chi connectivity index (χ0) is 25.6. The number of fused-ring (bicyclic) bond motifs is 3. The third-order valence-electron chi connectivity index (χ3n) is 6.70. The third-order valence-corrected chi connectivity index (χ3v) is 7.48. The van der Waals surface area contributed by atoms with E-state index in [0.29, 0.717) is 12.8 Å². The number of anilines is 2. The molecule has 0 radical (unpaired) electrons. The maximum absolute atomic E-state index is 16.0. The van der Waals surface area contributed by atoms with Gasteiger partial charge in [0.15, 0.2) is 23.1 Å². The molecule has 2 bridgehead atoms. The van der Waals surface area contributed by atoms with E-state index in [1.165, 1.54) is 37.7 Å². The quantitative estimate of drug-likeness (QED) is 0.306. The van der Waals surface area contributed by atoms with Crippen LogP contribution in [0, 0.1) is 11.6 Å². The summed E-state index contributed by atoms with van der Waals surface area (Å²) < 4.78 is 42.2. The monoisotopic (exact) mass is 534 g/mol. The highest BCUT2D eigenvalue weighted by Crippen LogP contribution is 2.43. The predicted octanol–water partition coefficient (Wildman–Crippen LogP) is 6.05. The van der Waals surface area contributed by atoms with Gasteiger partial charge in [0, 0.05) is 31.0 Å². The maximum atomic E-state index is 16.0. The Kier molecular flexibility index (Phi) is 6.61. The molecule has 7 nitrogen and oxygen atoms in total. The van der Waals surface area contributed by atoms with Crippen molar-refractivity contribution in [2.45, 2.75) is 43.9 Å². The van der Waals surface area contributed by atoms with E-state index in [1.54, 1.807) is 0 Å². The molecule has 1 amide bonds. The summed E-state index contributed by atoms with van der Waals surface area (Å²) in [4.78, 5) is 22.4. The Morgan fingerprint density at radius 1 is 1.19 bits per heavy atom. The summed E-state index contributed by atoms with van der Waals surface area (Å²) in [6, 6.07) is 4.35. The summed E-state index contributed by atoms with van der Waals surface area (Å²) in [5, 5.41) is 2.57. The highest BCUT2D eigenvalue weighted by molar-refractivity contribution is 6.42. The van der Waals surface area contributed by atoms with Crippen LogP contribution in [-0.2, 0) is 4.79 Å². The average molecular weight is 535 g/mol. The van der Waals surface area contributed by atoms with Crippen molar-refractivity contribution in [1.29, 1.82) is 0 Å². The van der Waals surface area contributed by atoms with Gasteiger partial charge in [0.25, 0.3) is 0 Å². The summed E-state index contributed by atoms with van der Waals surface area (Å²) >= 11 is 11.8. The number of carbonyl (C=O) groups is 1. The number of ether oxygens (including phenoxy) is 2. The van der Waals surface area contributed by atoms with E-state index < -0.39 is 11.6 Å². The zero-order valence-electron chi connectivity index (χ0n) is 19.2. The number of halogens is 4. The van der Waals surface area contributed by atoms with Crippen LogP contribution in [0.15, 0.2) is 37.2 Å². The second-order valence-corrected chi connectivity index (χ2v) is 9.52. The average Bonchev–Trinajstić information content (AvgIpc) is 3.15. The Morgan fingerprint density at radius 2 is 1.92 bits per heavy atom. The van der Waals surface area contributed by atoms with Gasteiger partial charge in [-0.1, -0.05) is 29.8 Å². The molecule has 1 unspecified atom stereocenters. The lowest BCUT2D eigenvalue weighted by Gasteiger charge is -2.38. The summed E-state index contributed by atoms with van der Waals surface area (Å²) in [6.45, 7) is 3.59. The van der Waals surface area contributed by atoms with Crippen LogP contribution in [0.1, 0.15) is 25.7 Å². The number of amides is 1. The van der Waals surface area contributed by atoms with Crippen LogP contribution >= 0.6 is 23.2 Å². The van der Waals surface area contributed by atoms with Crippen LogP contribution in [0.2, 0.25) is 10.0 Å². The number of hydrogen-bond donors (Lipinski definition) is 1. The minimum absolute atomic E-state index is 0.000940. The minimum atomic E-state index is -0.794. The van der Waals surface area contributed by atoms with Crippen LogP contribution in [0.3, 0.4) is 0 Å². The molecule has 2 aliphatic rings. The molecule has 2 fully saturated rings. The molecule has 188 valence electrons. The Morgan fingerprint density at radius 3 is 2.58 bits per heavy atom. The first-order valence-electron chi connectivity index (χ1n) is 11.4. The second kappa shape index (κ2) is 9.71. The van der Waals surface area contributed by atoms with Gasteiger partial charge in [-0.05, 0) is 31.1 Å². The van der Waals surface area contributed by atoms with Gasteiger partial charge in [-0.2, -0.15) is 0 Å². The van der Waals surface area contributed by atoms with E-state index in [0.717, 1.165) is 12.8 Å². The Labute approximate surface area is 216 Å². The van der Waals surface area contributed by atoms with Gasteiger partial charge in [-0.15, -0.1) is 0 Å². The van der Waals surface area contributed by atoms with Gasteiger partial charge < -0.3 is 19.7 Å². The van der Waals surface area contributed by atoms with Gasteiger partial charge in [0.1, 0.15) is 18.2 Å². The standard InChI is InChI=1S/C25H22Cl2F2N4O3/c1-3-19(34)33-12-4-5-13(33)9-14(8-12)36-24-18(35-2)10-17-20(23(24)29)25(31-11-30-17)32-16-7-6-15(26)21(27)22(16)28/h3,6-7,10-14H,1,4-5,8-9H2,2H3,(H,30,31,32)/t12-,13+,14?. The van der Waals surface area contributed by atoms with Crippen molar-refractivity contribution < 1.29 is 23.0 Å². The van der Waals surface area contributed by atoms with Crippen LogP contribution in [-0.4, -0.2) is 46.1 Å². The number of hydrogen-bond acceptors (Lipinski definition) is 6. The normalized spacial score (nSPS) is 20.9. The summed E-state index contributed by atoms with van der Waals surface area (Å²) in [5.41, 5.74) is 0.207. The molecule has 3 atom stereocenters. The van der Waals surface area contributed by atoms with E-state index >= 15 is 4.39 Å². The van der Waals surface area contributed by atoms with Crippen molar-refractivity contribution in [3.63, 3.8) is 0 Å². The molecule has 11 heteroatoms. The summed E-state index contributed by atoms with van der Waals surface area (Å²) in [7, 11) is 1.41. The molecule has 5 rings (SSSR count). The first kappa shape index (κ1) is 24.5. The molecular weight excluding hydrogens is 513 g/mol. The van der Waals surface area contributed by atoms with Crippen LogP contribution < -0.4 is 14.8 Å². The highest BCUT2D eigenvalue weighted by Gasteiger charge is 2.43. The number of nitrogens with zero attached hydrogens (tertiary/aromatic N) is 3. The number of methoxy groups -OCH3 is 1. The molecule has 36 heavy (non-hydrogen) atoms. The lowest BCUT2D eigenvalue weighted by molar-refractivity contribution is -0.131. The van der Waals surface area contributed by atoms with Gasteiger partial charge in [-0.25, -0.2) is 18.7 Å². The number of carbonyl (C=O) groups excluding carboxylic acids is 1. The fraction of sp³-hybridized carbons (Fsp3) is 0.320. The number of aromatic nitrogens is 2. The molecule has 0 saturated carbocycles. The van der Waals surface area contributed by atoms with Crippen molar-refractivity contribution in [2.75, 3.05) is 12.4 Å². The molecule has 0 spiro atoms. The van der Waals surface area contributed by atoms with Crippen molar-refractivity contribution >= 4 is 51.5 Å². The number of rotatable bonds is 6. The maximum Gasteiger partial charge on any atom is 0.246 e. The fourth-order valence-corrected chi connectivity index (χ4v) is 5.41. The Balaban J connectivity index is 1.50. The highest BCUT2D eigenvalue weighted by atomic mass is 35.5. The molecule has 1 N–H and O–H groups in total. The first-order chi connectivity index (χ1) is 17.3. The van der Waals surface area contributed by atoms with E-state index in [4.69, 9.17) is 32.7 Å². The van der Waals surface area contributed by atoms with E-state index in [2.05, 4.69) is 21.9 Å². The molecular formula is C25H22Cl2F2N4O3. The van der Waals surface area contributed by atoms with E-state index in [9.17, 15) is 9.18 Å². The SMILES string of the molecule is C=CC(=O)N1[C@@H]2CC[C@H]1CC(Oc1c(OC)cc3ncnc(Nc4ccc(Cl)c(Cl)c4F)c3c1F)C2. The topological polar surface area (TPSA) is 76.6 Å². The Hall–Kier alpha value is -3.17. The lowest BCUT2D eigenvalue weighted by Crippen LogP contribution is -2.48. The number of nitrogens with one attached hydrogen (secondary N) is 1. The number of benzene rings is 2. The van der Waals surface area contributed by atoms with Gasteiger partial charge in [0.05, 0.1) is 33.7 Å². The van der Waals surface area contributed by atoms with Gasteiger partial charge >= 0.3 is 0 Å². The second-order valence-electron chi connectivity index (χ2n) is 8.73. The molecule has 2 aromatic carbocycles. The molecule has 2 aliphatic heterocycles. The Bertz CT molecular complexity index is 1360. The van der Waals surface area contributed by atoms with Crippen molar-refractivity contribution in [3.8, 4) is 11.5 Å². The smallest absolute Gasteiger partial charge is 0.246 e. The van der Waals surface area contributed by atoms with Crippen molar-refractivity contribution in [1.82, 2.24) is 14.9 Å². The van der Waals surface area contributed by atoms with Crippen LogP contribution in [0.5, 0.6) is 11.5 Å². The minimum Gasteiger partial charge on any atom is -0.493 e. The van der Waals surface area contributed by atoms with Crippen molar-refractivity contribution in [3.05, 3.63) is 58.9 Å². The molecule has 3 heterocycles. The molecule has 3 aromatic rings. The van der Waals surface area contributed by atoms with E-state index in [1.807, 2.05) is 4.90 Å². The van der Waals surface area contributed by atoms with Gasteiger partial charge in [0.2, 0.25) is 5.91 Å². The van der Waals surface area contributed by atoms with E-state index in [-0.39, 0.29) is 68.0 Å². The first-order valence-corrected chi connectivity index (χ1v) is 12.1. The third kappa shape index (κ3) is 4.20. The molecule has 0 aliphatic carbocycles. The fourth-order valence-electron chi connectivity index (χ4n) is 5.10. The summed E-state index contributed by atoms with van der Waals surface area (Å²) in [6.07, 6.45) is 5.05. The largest absolute Gasteiger partial charge is 0.493 e. The van der Waals surface area contributed by atoms with Crippen molar-refractivity contribution in [2.24, 2.45) is 0 Å².